The molecule has 4 nitrogen and oxygen atoms in total. The molecule has 0 aromatic heterocycles. The summed E-state index contributed by atoms with van der Waals surface area (Å²) in [5, 5.41) is 8.75. The molecule has 74 valence electrons. The maximum atomic E-state index is 8.75. The molecule has 0 aromatic carbocycles. The zero-order valence-corrected chi connectivity index (χ0v) is 7.39. The van der Waals surface area contributed by atoms with Crippen LogP contribution in [-0.2, 0) is 14.2 Å². The summed E-state index contributed by atoms with van der Waals surface area (Å²) >= 11 is 0. The summed E-state index contributed by atoms with van der Waals surface area (Å²) in [4.78, 5) is 0. The van der Waals surface area contributed by atoms with Gasteiger partial charge < -0.3 is 19.3 Å². The highest BCUT2D eigenvalue weighted by molar-refractivity contribution is 5.02. The summed E-state index contributed by atoms with van der Waals surface area (Å²) in [6, 6.07) is 0. The highest BCUT2D eigenvalue weighted by Crippen LogP contribution is 2.46. The van der Waals surface area contributed by atoms with Crippen molar-refractivity contribution in [1.29, 1.82) is 0 Å². The van der Waals surface area contributed by atoms with E-state index in [-0.39, 0.29) is 25.1 Å². The van der Waals surface area contributed by atoms with Crippen molar-refractivity contribution in [3.63, 3.8) is 0 Å². The highest BCUT2D eigenvalue weighted by Gasteiger charge is 2.60. The number of hydrogen-bond acceptors (Lipinski definition) is 4. The molecule has 0 amide bonds. The molecule has 3 aliphatic rings. The Balaban J connectivity index is 1.66. The monoisotopic (exact) mass is 186 g/mol. The molecule has 0 spiro atoms. The Kier molecular flexibility index (Phi) is 1.83. The van der Waals surface area contributed by atoms with E-state index >= 15 is 0 Å². The van der Waals surface area contributed by atoms with Crippen molar-refractivity contribution >= 4 is 0 Å². The Morgan fingerprint density at radius 1 is 1.23 bits per heavy atom. The molecule has 3 aliphatic heterocycles. The van der Waals surface area contributed by atoms with E-state index in [1.54, 1.807) is 0 Å². The van der Waals surface area contributed by atoms with Gasteiger partial charge >= 0.3 is 0 Å². The molecular formula is C9H14O4. The minimum absolute atomic E-state index is 0.0969. The molecule has 0 radical (unpaired) electrons. The molecule has 0 aliphatic carbocycles. The zero-order chi connectivity index (χ0) is 8.84. The summed E-state index contributed by atoms with van der Waals surface area (Å²) in [6.45, 7) is 0.960. The smallest absolute Gasteiger partial charge is 0.186 e. The fourth-order valence-corrected chi connectivity index (χ4v) is 2.43. The molecule has 3 heterocycles. The zero-order valence-electron chi connectivity index (χ0n) is 7.39. The Morgan fingerprint density at radius 3 is 3.00 bits per heavy atom. The van der Waals surface area contributed by atoms with Crippen molar-refractivity contribution in [3.05, 3.63) is 0 Å². The minimum Gasteiger partial charge on any atom is -0.396 e. The molecule has 2 bridgehead atoms. The lowest BCUT2D eigenvalue weighted by Crippen LogP contribution is -2.35. The molecule has 0 saturated carbocycles. The van der Waals surface area contributed by atoms with E-state index in [9.17, 15) is 0 Å². The molecular weight excluding hydrogens is 172 g/mol. The molecule has 3 saturated heterocycles. The van der Waals surface area contributed by atoms with Crippen molar-refractivity contribution in [3.8, 4) is 0 Å². The van der Waals surface area contributed by atoms with Gasteiger partial charge in [-0.05, 0) is 12.8 Å². The van der Waals surface area contributed by atoms with Crippen LogP contribution in [-0.4, -0.2) is 42.9 Å². The van der Waals surface area contributed by atoms with Crippen molar-refractivity contribution in [2.24, 2.45) is 5.92 Å². The van der Waals surface area contributed by atoms with E-state index in [2.05, 4.69) is 0 Å². The number of rotatable bonds is 3. The fraction of sp³-hybridized carbons (Fsp3) is 1.00. The minimum atomic E-state index is -0.0969. The molecule has 5 unspecified atom stereocenters. The third-order valence-electron chi connectivity index (χ3n) is 3.16. The van der Waals surface area contributed by atoms with Crippen LogP contribution in [0.4, 0.5) is 0 Å². The summed E-state index contributed by atoms with van der Waals surface area (Å²) in [5.41, 5.74) is 0. The van der Waals surface area contributed by atoms with Gasteiger partial charge in [0, 0.05) is 12.5 Å². The second kappa shape index (κ2) is 2.92. The van der Waals surface area contributed by atoms with Crippen molar-refractivity contribution in [2.45, 2.75) is 37.4 Å². The molecule has 13 heavy (non-hydrogen) atoms. The number of ether oxygens (including phenoxy) is 3. The van der Waals surface area contributed by atoms with Crippen molar-refractivity contribution < 1.29 is 19.3 Å². The van der Waals surface area contributed by atoms with E-state index < -0.39 is 0 Å². The van der Waals surface area contributed by atoms with E-state index in [4.69, 9.17) is 19.3 Å². The second-order valence-electron chi connectivity index (χ2n) is 3.97. The maximum Gasteiger partial charge on any atom is 0.186 e. The highest BCUT2D eigenvalue weighted by atomic mass is 16.8. The predicted octanol–water partition coefficient (Wildman–Crippen LogP) is -0.102. The van der Waals surface area contributed by atoms with Crippen LogP contribution >= 0.6 is 0 Å². The lowest BCUT2D eigenvalue weighted by atomic mass is 9.91. The summed E-state index contributed by atoms with van der Waals surface area (Å²) in [5.74, 6) is 0.441. The van der Waals surface area contributed by atoms with E-state index in [1.807, 2.05) is 0 Å². The lowest BCUT2D eigenvalue weighted by Gasteiger charge is -2.23. The number of epoxide rings is 1. The average molecular weight is 186 g/mol. The molecule has 1 N–H and O–H groups in total. The molecule has 0 aromatic rings. The van der Waals surface area contributed by atoms with Gasteiger partial charge in [-0.1, -0.05) is 0 Å². The largest absolute Gasteiger partial charge is 0.396 e. The molecule has 5 atom stereocenters. The van der Waals surface area contributed by atoms with Gasteiger partial charge in [0.25, 0.3) is 0 Å². The van der Waals surface area contributed by atoms with Crippen LogP contribution < -0.4 is 0 Å². The van der Waals surface area contributed by atoms with Crippen LogP contribution in [0.15, 0.2) is 0 Å². The van der Waals surface area contributed by atoms with Gasteiger partial charge in [-0.3, -0.25) is 0 Å². The van der Waals surface area contributed by atoms with Crippen LogP contribution in [0.1, 0.15) is 12.8 Å². The molecule has 3 fully saturated rings. The average Bonchev–Trinajstić information content (AvgIpc) is 2.82. The van der Waals surface area contributed by atoms with Gasteiger partial charge in [-0.25, -0.2) is 0 Å². The van der Waals surface area contributed by atoms with Crippen LogP contribution in [0.25, 0.3) is 0 Å². The van der Waals surface area contributed by atoms with Crippen LogP contribution in [0.2, 0.25) is 0 Å². The van der Waals surface area contributed by atoms with Gasteiger partial charge in [0.15, 0.2) is 6.29 Å². The topological polar surface area (TPSA) is 51.2 Å². The Labute approximate surface area is 76.8 Å². The summed E-state index contributed by atoms with van der Waals surface area (Å²) in [6.07, 6.45) is 2.46. The van der Waals surface area contributed by atoms with Gasteiger partial charge in [0.1, 0.15) is 6.10 Å². The normalized spacial score (nSPS) is 51.9. The van der Waals surface area contributed by atoms with Crippen LogP contribution in [0.5, 0.6) is 0 Å². The van der Waals surface area contributed by atoms with Gasteiger partial charge in [0.2, 0.25) is 0 Å². The number of aliphatic hydroxyl groups excluding tert-OH is 1. The first-order chi connectivity index (χ1) is 6.40. The predicted molar refractivity (Wildman–Crippen MR) is 43.1 cm³/mol. The Bertz CT molecular complexity index is 208. The fourth-order valence-electron chi connectivity index (χ4n) is 2.43. The van der Waals surface area contributed by atoms with Crippen LogP contribution in [0.3, 0.4) is 0 Å². The van der Waals surface area contributed by atoms with Gasteiger partial charge in [0.05, 0.1) is 18.8 Å². The SMILES string of the molecule is OCCCC1C2COC(O2)C2OC12. The second-order valence-corrected chi connectivity index (χ2v) is 3.97. The Morgan fingerprint density at radius 2 is 2.15 bits per heavy atom. The van der Waals surface area contributed by atoms with Gasteiger partial charge in [-0.15, -0.1) is 0 Å². The number of fused-ring (bicyclic) bond motifs is 4. The van der Waals surface area contributed by atoms with Crippen molar-refractivity contribution in [2.75, 3.05) is 13.2 Å². The number of aliphatic hydroxyl groups is 1. The van der Waals surface area contributed by atoms with Crippen molar-refractivity contribution in [1.82, 2.24) is 0 Å². The third-order valence-corrected chi connectivity index (χ3v) is 3.16. The maximum absolute atomic E-state index is 8.75. The van der Waals surface area contributed by atoms with Crippen LogP contribution in [0, 0.1) is 5.92 Å². The summed E-state index contributed by atoms with van der Waals surface area (Å²) < 4.78 is 16.6. The molecule has 4 heteroatoms. The standard InChI is InChI=1S/C9H14O4/c10-3-1-2-5-6-4-11-9(12-6)8-7(5)13-8/h5-10H,1-4H2. The van der Waals surface area contributed by atoms with Gasteiger partial charge in [-0.2, -0.15) is 0 Å². The third kappa shape index (κ3) is 1.21. The molecule has 3 rings (SSSR count). The van der Waals surface area contributed by atoms with E-state index in [1.165, 1.54) is 0 Å². The quantitative estimate of drug-likeness (QED) is 0.625. The first-order valence-electron chi connectivity index (χ1n) is 4.93. The first-order valence-corrected chi connectivity index (χ1v) is 4.93. The summed E-state index contributed by atoms with van der Waals surface area (Å²) in [7, 11) is 0. The Hall–Kier alpha value is -0.160. The first kappa shape index (κ1) is 8.17. The number of hydrogen-bond donors (Lipinski definition) is 1. The van der Waals surface area contributed by atoms with E-state index in [0.717, 1.165) is 12.8 Å². The lowest BCUT2D eigenvalue weighted by molar-refractivity contribution is -0.0896. The van der Waals surface area contributed by atoms with E-state index in [0.29, 0.717) is 18.6 Å².